The molecule has 0 aromatic heterocycles. The minimum Gasteiger partial charge on any atom is -0.353 e. The summed E-state index contributed by atoms with van der Waals surface area (Å²) in [6, 6.07) is -1.19. The predicted molar refractivity (Wildman–Crippen MR) is 126 cm³/mol. The predicted octanol–water partition coefficient (Wildman–Crippen LogP) is 1.81. The second kappa shape index (κ2) is 13.6. The molecule has 0 aromatic carbocycles. The van der Waals surface area contributed by atoms with Crippen LogP contribution < -0.4 is 16.1 Å². The maximum atomic E-state index is 12.4. The molecule has 178 valence electrons. The van der Waals surface area contributed by atoms with E-state index in [1.165, 1.54) is 16.5 Å². The standard InChI is InChI=1S/C24H32N4O5/c1-6-9-18(10-7-2)11-12-21(29)25-15-20(23(31)27-33)26-22(30)13-14-28-17(5)19(8-3)16(4)24(28)32/h6-10,20,33H,1,3,5,11-15H2,2,4H3,(H,25,29)(H,26,30)(H,27,31)/b10-7-,18-9+/t20-/m0/s1. The van der Waals surface area contributed by atoms with E-state index in [4.69, 9.17) is 5.21 Å². The third-order valence-corrected chi connectivity index (χ3v) is 4.99. The molecule has 9 heteroatoms. The summed E-state index contributed by atoms with van der Waals surface area (Å²) in [5.74, 6) is -2.00. The first-order valence-corrected chi connectivity index (χ1v) is 10.5. The Morgan fingerprint density at radius 3 is 2.39 bits per heavy atom. The summed E-state index contributed by atoms with van der Waals surface area (Å²) in [4.78, 5) is 50.1. The highest BCUT2D eigenvalue weighted by molar-refractivity contribution is 6.00. The Hall–Kier alpha value is -3.72. The Balaban J connectivity index is 2.61. The Labute approximate surface area is 194 Å². The quantitative estimate of drug-likeness (QED) is 0.191. The number of hydrogen-bond donors (Lipinski definition) is 4. The Bertz CT molecular complexity index is 914. The molecule has 1 aliphatic heterocycles. The molecule has 0 saturated heterocycles. The van der Waals surface area contributed by atoms with Crippen LogP contribution in [0.2, 0.25) is 0 Å². The van der Waals surface area contributed by atoms with E-state index in [9.17, 15) is 19.2 Å². The highest BCUT2D eigenvalue weighted by Gasteiger charge is 2.30. The van der Waals surface area contributed by atoms with Gasteiger partial charge in [-0.25, -0.2) is 5.48 Å². The lowest BCUT2D eigenvalue weighted by Gasteiger charge is -2.20. The number of rotatable bonds is 13. The molecule has 0 aliphatic carbocycles. The van der Waals surface area contributed by atoms with Gasteiger partial charge in [0.15, 0.2) is 0 Å². The van der Waals surface area contributed by atoms with Crippen molar-refractivity contribution in [1.29, 1.82) is 0 Å². The van der Waals surface area contributed by atoms with Crippen molar-refractivity contribution in [3.63, 3.8) is 0 Å². The normalized spacial score (nSPS) is 15.0. The lowest BCUT2D eigenvalue weighted by atomic mass is 10.1. The van der Waals surface area contributed by atoms with Gasteiger partial charge in [0.05, 0.1) is 0 Å². The summed E-state index contributed by atoms with van der Waals surface area (Å²) < 4.78 is 0. The average molecular weight is 457 g/mol. The van der Waals surface area contributed by atoms with Crippen molar-refractivity contribution >= 4 is 23.6 Å². The summed E-state index contributed by atoms with van der Waals surface area (Å²) >= 11 is 0. The lowest BCUT2D eigenvalue weighted by molar-refractivity contribution is -0.135. The summed E-state index contributed by atoms with van der Waals surface area (Å²) in [5, 5.41) is 14.0. The number of hydrogen-bond acceptors (Lipinski definition) is 5. The Kier molecular flexibility index (Phi) is 11.3. The van der Waals surface area contributed by atoms with Gasteiger partial charge < -0.3 is 15.5 Å². The molecule has 1 heterocycles. The molecule has 0 saturated carbocycles. The molecular weight excluding hydrogens is 424 g/mol. The van der Waals surface area contributed by atoms with Crippen LogP contribution in [0, 0.1) is 0 Å². The van der Waals surface area contributed by atoms with Gasteiger partial charge in [-0.1, -0.05) is 50.1 Å². The van der Waals surface area contributed by atoms with Crippen molar-refractivity contribution in [2.75, 3.05) is 13.1 Å². The summed E-state index contributed by atoms with van der Waals surface area (Å²) in [7, 11) is 0. The van der Waals surface area contributed by atoms with E-state index < -0.39 is 17.9 Å². The molecule has 9 nitrogen and oxygen atoms in total. The molecule has 33 heavy (non-hydrogen) atoms. The average Bonchev–Trinajstić information content (AvgIpc) is 3.00. The number of nitrogens with zero attached hydrogens (tertiary/aromatic N) is 1. The first-order chi connectivity index (χ1) is 15.7. The van der Waals surface area contributed by atoms with E-state index in [0.29, 0.717) is 23.3 Å². The van der Waals surface area contributed by atoms with Gasteiger partial charge in [-0.2, -0.15) is 0 Å². The number of allylic oxidation sites excluding steroid dienone is 6. The zero-order valence-electron chi connectivity index (χ0n) is 19.1. The minimum absolute atomic E-state index is 0.0569. The van der Waals surface area contributed by atoms with Gasteiger partial charge >= 0.3 is 0 Å². The van der Waals surface area contributed by atoms with E-state index in [-0.39, 0.29) is 37.7 Å². The molecule has 0 bridgehead atoms. The van der Waals surface area contributed by atoms with Crippen molar-refractivity contribution in [3.8, 4) is 0 Å². The second-order valence-corrected chi connectivity index (χ2v) is 7.27. The van der Waals surface area contributed by atoms with Crippen molar-refractivity contribution in [2.24, 2.45) is 0 Å². The van der Waals surface area contributed by atoms with Gasteiger partial charge in [-0.15, -0.1) is 0 Å². The van der Waals surface area contributed by atoms with Crippen LogP contribution in [0.5, 0.6) is 0 Å². The maximum absolute atomic E-state index is 12.4. The third kappa shape index (κ3) is 8.04. The highest BCUT2D eigenvalue weighted by Crippen LogP contribution is 2.28. The highest BCUT2D eigenvalue weighted by atomic mass is 16.5. The van der Waals surface area contributed by atoms with Gasteiger partial charge in [0.25, 0.3) is 11.8 Å². The van der Waals surface area contributed by atoms with E-state index in [0.717, 1.165) is 5.57 Å². The summed E-state index contributed by atoms with van der Waals surface area (Å²) in [5.41, 5.74) is 3.98. The fourth-order valence-corrected chi connectivity index (χ4v) is 3.23. The molecule has 0 spiro atoms. The van der Waals surface area contributed by atoms with E-state index in [2.05, 4.69) is 30.4 Å². The largest absolute Gasteiger partial charge is 0.353 e. The van der Waals surface area contributed by atoms with Crippen LogP contribution in [0.4, 0.5) is 0 Å². The fraction of sp³-hybridized carbons (Fsp3) is 0.333. The SMILES string of the molecule is C=C/C=C(\C=C/C)CCC(=O)NC[C@H](NC(=O)CCN1C(=C)C(C=C)=C(C)C1=O)C(=O)NO. The van der Waals surface area contributed by atoms with Gasteiger partial charge in [-0.05, 0) is 25.8 Å². The van der Waals surface area contributed by atoms with Crippen LogP contribution in [-0.4, -0.2) is 52.9 Å². The number of carbonyl (C=O) groups is 4. The lowest BCUT2D eigenvalue weighted by Crippen LogP contribution is -2.52. The zero-order valence-corrected chi connectivity index (χ0v) is 19.1. The maximum Gasteiger partial charge on any atom is 0.267 e. The molecule has 0 radical (unpaired) electrons. The van der Waals surface area contributed by atoms with Gasteiger partial charge in [0.2, 0.25) is 11.8 Å². The van der Waals surface area contributed by atoms with Crippen LogP contribution in [0.1, 0.15) is 33.1 Å². The van der Waals surface area contributed by atoms with Crippen molar-refractivity contribution in [2.45, 2.75) is 39.2 Å². The van der Waals surface area contributed by atoms with Crippen LogP contribution in [0.15, 0.2) is 72.5 Å². The third-order valence-electron chi connectivity index (χ3n) is 4.99. The molecule has 1 aliphatic rings. The van der Waals surface area contributed by atoms with Crippen molar-refractivity contribution < 1.29 is 24.4 Å². The molecule has 4 N–H and O–H groups in total. The molecule has 0 aromatic rings. The van der Waals surface area contributed by atoms with E-state index in [1.54, 1.807) is 19.1 Å². The molecule has 0 unspecified atom stereocenters. The van der Waals surface area contributed by atoms with Gasteiger partial charge in [-0.3, -0.25) is 24.4 Å². The van der Waals surface area contributed by atoms with Crippen molar-refractivity contribution in [3.05, 3.63) is 72.5 Å². The number of carbonyl (C=O) groups excluding carboxylic acids is 4. The van der Waals surface area contributed by atoms with Crippen LogP contribution >= 0.6 is 0 Å². The monoisotopic (exact) mass is 456 g/mol. The topological polar surface area (TPSA) is 128 Å². The molecule has 1 atom stereocenters. The number of amides is 4. The number of hydroxylamine groups is 1. The Morgan fingerprint density at radius 2 is 1.85 bits per heavy atom. The minimum atomic E-state index is -1.19. The summed E-state index contributed by atoms with van der Waals surface area (Å²) in [6.07, 6.45) is 9.22. The first kappa shape index (κ1) is 27.3. The molecular formula is C24H32N4O5. The van der Waals surface area contributed by atoms with Crippen LogP contribution in [-0.2, 0) is 19.2 Å². The number of nitrogens with one attached hydrogen (secondary N) is 3. The van der Waals surface area contributed by atoms with Gasteiger partial charge in [0.1, 0.15) is 6.04 Å². The molecule has 4 amide bonds. The van der Waals surface area contributed by atoms with Crippen LogP contribution in [0.3, 0.4) is 0 Å². The first-order valence-electron chi connectivity index (χ1n) is 10.5. The Morgan fingerprint density at radius 1 is 1.15 bits per heavy atom. The fourth-order valence-electron chi connectivity index (χ4n) is 3.23. The second-order valence-electron chi connectivity index (χ2n) is 7.27. The molecule has 0 fully saturated rings. The van der Waals surface area contributed by atoms with Crippen molar-refractivity contribution in [1.82, 2.24) is 21.0 Å². The van der Waals surface area contributed by atoms with E-state index in [1.807, 2.05) is 19.1 Å². The zero-order chi connectivity index (χ0) is 25.0. The van der Waals surface area contributed by atoms with Gasteiger partial charge in [0, 0.05) is 42.8 Å². The summed E-state index contributed by atoms with van der Waals surface area (Å²) in [6.45, 7) is 14.5. The van der Waals surface area contributed by atoms with E-state index >= 15 is 0 Å². The smallest absolute Gasteiger partial charge is 0.267 e. The van der Waals surface area contributed by atoms with Crippen LogP contribution in [0.25, 0.3) is 0 Å². The molecule has 1 rings (SSSR count).